The van der Waals surface area contributed by atoms with E-state index in [0.29, 0.717) is 12.1 Å². The quantitative estimate of drug-likeness (QED) is 0.744. The molecule has 0 saturated heterocycles. The SMILES string of the molecule is CC(C)(C)CCNC(=O)c1cc(I)ccc1Br. The Bertz CT molecular complexity index is 412. The number of nitrogens with one attached hydrogen (secondary N) is 1. The van der Waals surface area contributed by atoms with Crippen LogP contribution in [0.1, 0.15) is 37.6 Å². The maximum Gasteiger partial charge on any atom is 0.252 e. The summed E-state index contributed by atoms with van der Waals surface area (Å²) in [5.74, 6) is -0.0142. The molecule has 0 aromatic heterocycles. The molecule has 0 aliphatic rings. The van der Waals surface area contributed by atoms with E-state index >= 15 is 0 Å². The molecule has 4 heteroatoms. The zero-order chi connectivity index (χ0) is 13.1. The van der Waals surface area contributed by atoms with Gasteiger partial charge in [-0.3, -0.25) is 4.79 Å². The number of rotatable bonds is 3. The smallest absolute Gasteiger partial charge is 0.252 e. The summed E-state index contributed by atoms with van der Waals surface area (Å²) in [5, 5.41) is 2.95. The molecule has 1 amide bonds. The van der Waals surface area contributed by atoms with Gasteiger partial charge in [0, 0.05) is 14.6 Å². The zero-order valence-electron chi connectivity index (χ0n) is 10.3. The van der Waals surface area contributed by atoms with Crippen LogP contribution in [0.3, 0.4) is 0 Å². The standard InChI is InChI=1S/C13H17BrINO/c1-13(2,3)6-7-16-12(17)10-8-9(15)4-5-11(10)14/h4-5,8H,6-7H2,1-3H3,(H,16,17). The molecule has 0 saturated carbocycles. The van der Waals surface area contributed by atoms with Gasteiger partial charge in [-0.25, -0.2) is 0 Å². The molecule has 0 radical (unpaired) electrons. The lowest BCUT2D eigenvalue weighted by atomic mass is 9.92. The first-order valence-electron chi connectivity index (χ1n) is 5.53. The maximum atomic E-state index is 12.0. The van der Waals surface area contributed by atoms with Crippen LogP contribution in [0.5, 0.6) is 0 Å². The molecule has 0 bridgehead atoms. The fourth-order valence-corrected chi connectivity index (χ4v) is 2.24. The van der Waals surface area contributed by atoms with Crippen molar-refractivity contribution in [3.8, 4) is 0 Å². The molecule has 1 aromatic carbocycles. The highest BCUT2D eigenvalue weighted by Gasteiger charge is 2.13. The van der Waals surface area contributed by atoms with Crippen LogP contribution in [0.15, 0.2) is 22.7 Å². The summed E-state index contributed by atoms with van der Waals surface area (Å²) < 4.78 is 1.90. The molecule has 1 N–H and O–H groups in total. The normalized spacial score (nSPS) is 11.4. The van der Waals surface area contributed by atoms with Crippen molar-refractivity contribution in [2.75, 3.05) is 6.54 Å². The van der Waals surface area contributed by atoms with Crippen LogP contribution in [0.4, 0.5) is 0 Å². The van der Waals surface area contributed by atoms with Crippen molar-refractivity contribution in [2.45, 2.75) is 27.2 Å². The third kappa shape index (κ3) is 5.38. The molecule has 94 valence electrons. The van der Waals surface area contributed by atoms with Gasteiger partial charge >= 0.3 is 0 Å². The molecular weight excluding hydrogens is 393 g/mol. The summed E-state index contributed by atoms with van der Waals surface area (Å²) in [6.07, 6.45) is 0.973. The number of halogens is 2. The number of hydrogen-bond donors (Lipinski definition) is 1. The first-order chi connectivity index (χ1) is 7.79. The average molecular weight is 410 g/mol. The van der Waals surface area contributed by atoms with Gasteiger partial charge in [0.1, 0.15) is 0 Å². The molecule has 0 heterocycles. The second kappa shape index (κ2) is 6.18. The van der Waals surface area contributed by atoms with Crippen molar-refractivity contribution in [1.82, 2.24) is 5.32 Å². The summed E-state index contributed by atoms with van der Waals surface area (Å²) >= 11 is 5.60. The van der Waals surface area contributed by atoms with Crippen LogP contribution in [0.2, 0.25) is 0 Å². The maximum absolute atomic E-state index is 12.0. The van der Waals surface area contributed by atoms with Gasteiger partial charge in [-0.1, -0.05) is 20.8 Å². The second-order valence-electron chi connectivity index (χ2n) is 5.19. The summed E-state index contributed by atoms with van der Waals surface area (Å²) in [6, 6.07) is 5.76. The molecule has 0 spiro atoms. The van der Waals surface area contributed by atoms with Gasteiger partial charge in [0.05, 0.1) is 5.56 Å². The summed E-state index contributed by atoms with van der Waals surface area (Å²) in [5.41, 5.74) is 0.945. The zero-order valence-corrected chi connectivity index (χ0v) is 14.1. The number of amides is 1. The fourth-order valence-electron chi connectivity index (χ4n) is 1.32. The number of benzene rings is 1. The van der Waals surface area contributed by atoms with Crippen LogP contribution in [0.25, 0.3) is 0 Å². The van der Waals surface area contributed by atoms with Gasteiger partial charge < -0.3 is 5.32 Å². The van der Waals surface area contributed by atoms with Crippen molar-refractivity contribution >= 4 is 44.4 Å². The Hall–Kier alpha value is -0.100. The Morgan fingerprint density at radius 3 is 2.65 bits per heavy atom. The van der Waals surface area contributed by atoms with E-state index in [2.05, 4.69) is 64.6 Å². The lowest BCUT2D eigenvalue weighted by Crippen LogP contribution is -2.27. The molecule has 0 fully saturated rings. The molecule has 0 aliphatic carbocycles. The van der Waals surface area contributed by atoms with Crippen molar-refractivity contribution in [2.24, 2.45) is 5.41 Å². The summed E-state index contributed by atoms with van der Waals surface area (Å²) in [6.45, 7) is 7.21. The van der Waals surface area contributed by atoms with Crippen LogP contribution >= 0.6 is 38.5 Å². The second-order valence-corrected chi connectivity index (χ2v) is 7.29. The topological polar surface area (TPSA) is 29.1 Å². The molecule has 17 heavy (non-hydrogen) atoms. The third-order valence-electron chi connectivity index (χ3n) is 2.33. The molecule has 1 aromatic rings. The Labute approximate surface area is 125 Å². The van der Waals surface area contributed by atoms with Crippen molar-refractivity contribution in [3.63, 3.8) is 0 Å². The predicted molar refractivity (Wildman–Crippen MR) is 83.3 cm³/mol. The minimum absolute atomic E-state index is 0.0142. The number of carbonyl (C=O) groups is 1. The van der Waals surface area contributed by atoms with E-state index in [1.165, 1.54) is 0 Å². The highest BCUT2D eigenvalue weighted by molar-refractivity contribution is 14.1. The first kappa shape index (κ1) is 15.0. The Balaban J connectivity index is 2.61. The van der Waals surface area contributed by atoms with Gasteiger partial charge in [-0.15, -0.1) is 0 Å². The highest BCUT2D eigenvalue weighted by Crippen LogP contribution is 2.20. The lowest BCUT2D eigenvalue weighted by molar-refractivity contribution is 0.0948. The van der Waals surface area contributed by atoms with E-state index in [4.69, 9.17) is 0 Å². The average Bonchev–Trinajstić information content (AvgIpc) is 2.19. The Morgan fingerprint density at radius 2 is 2.06 bits per heavy atom. The van der Waals surface area contributed by atoms with Crippen LogP contribution in [-0.2, 0) is 0 Å². The fraction of sp³-hybridized carbons (Fsp3) is 0.462. The molecule has 0 aliphatic heterocycles. The van der Waals surface area contributed by atoms with Gasteiger partial charge in [-0.05, 0) is 68.6 Å². The van der Waals surface area contributed by atoms with Gasteiger partial charge in [0.25, 0.3) is 5.91 Å². The van der Waals surface area contributed by atoms with E-state index in [9.17, 15) is 4.79 Å². The minimum atomic E-state index is -0.0142. The van der Waals surface area contributed by atoms with Gasteiger partial charge in [0.15, 0.2) is 0 Å². The molecule has 2 nitrogen and oxygen atoms in total. The van der Waals surface area contributed by atoms with E-state index in [0.717, 1.165) is 14.5 Å². The van der Waals surface area contributed by atoms with E-state index in [1.807, 2.05) is 18.2 Å². The monoisotopic (exact) mass is 409 g/mol. The minimum Gasteiger partial charge on any atom is -0.352 e. The van der Waals surface area contributed by atoms with Crippen molar-refractivity contribution < 1.29 is 4.79 Å². The Kier molecular flexibility index (Phi) is 5.44. The first-order valence-corrected chi connectivity index (χ1v) is 7.40. The molecule has 0 atom stereocenters. The highest BCUT2D eigenvalue weighted by atomic mass is 127. The molecular formula is C13H17BrINO. The Morgan fingerprint density at radius 1 is 1.41 bits per heavy atom. The number of hydrogen-bond acceptors (Lipinski definition) is 1. The summed E-state index contributed by atoms with van der Waals surface area (Å²) in [4.78, 5) is 12.0. The van der Waals surface area contributed by atoms with Gasteiger partial charge in [0.2, 0.25) is 0 Å². The largest absolute Gasteiger partial charge is 0.352 e. The van der Waals surface area contributed by atoms with Crippen LogP contribution < -0.4 is 5.32 Å². The number of carbonyl (C=O) groups excluding carboxylic acids is 1. The van der Waals surface area contributed by atoms with E-state index in [1.54, 1.807) is 0 Å². The van der Waals surface area contributed by atoms with Crippen LogP contribution in [-0.4, -0.2) is 12.5 Å². The lowest BCUT2D eigenvalue weighted by Gasteiger charge is -2.18. The van der Waals surface area contributed by atoms with E-state index < -0.39 is 0 Å². The summed E-state index contributed by atoms with van der Waals surface area (Å²) in [7, 11) is 0. The third-order valence-corrected chi connectivity index (χ3v) is 3.70. The predicted octanol–water partition coefficient (Wildman–Crippen LogP) is 4.22. The molecule has 1 rings (SSSR count). The van der Waals surface area contributed by atoms with Crippen molar-refractivity contribution in [3.05, 3.63) is 31.8 Å². The van der Waals surface area contributed by atoms with Gasteiger partial charge in [-0.2, -0.15) is 0 Å². The molecule has 0 unspecified atom stereocenters. The van der Waals surface area contributed by atoms with Crippen molar-refractivity contribution in [1.29, 1.82) is 0 Å². The van der Waals surface area contributed by atoms with E-state index in [-0.39, 0.29) is 11.3 Å². The van der Waals surface area contributed by atoms with Crippen LogP contribution in [0, 0.1) is 8.99 Å².